The maximum atomic E-state index is 10.8. The normalized spacial score (nSPS) is 10.3. The largest absolute Gasteiger partial charge is 0.492 e. The average molecular weight is 246 g/mol. The molecule has 0 saturated carbocycles. The summed E-state index contributed by atoms with van der Waals surface area (Å²) in [6.45, 7) is 3.13. The number of carbonyl (C=O) groups is 1. The van der Waals surface area contributed by atoms with E-state index >= 15 is 0 Å². The van der Waals surface area contributed by atoms with Crippen LogP contribution in [0.5, 0.6) is 5.75 Å². The first-order chi connectivity index (χ1) is 8.66. The van der Waals surface area contributed by atoms with Crippen LogP contribution in [0.25, 0.3) is 0 Å². The summed E-state index contributed by atoms with van der Waals surface area (Å²) >= 11 is 0. The molecule has 0 bridgehead atoms. The first kappa shape index (κ1) is 12.2. The van der Waals surface area contributed by atoms with Crippen molar-refractivity contribution in [3.8, 4) is 5.75 Å². The van der Waals surface area contributed by atoms with Crippen molar-refractivity contribution in [3.05, 3.63) is 48.0 Å². The van der Waals surface area contributed by atoms with Gasteiger partial charge >= 0.3 is 5.97 Å². The molecule has 0 aliphatic carbocycles. The molecule has 94 valence electrons. The molecule has 0 fully saturated rings. The molecule has 1 aromatic heterocycles. The van der Waals surface area contributed by atoms with Gasteiger partial charge in [0.05, 0.1) is 18.4 Å². The van der Waals surface area contributed by atoms with E-state index < -0.39 is 5.97 Å². The number of nitrogens with zero attached hydrogens (tertiary/aromatic N) is 2. The minimum Gasteiger partial charge on any atom is -0.492 e. The van der Waals surface area contributed by atoms with Crippen LogP contribution in [0.15, 0.2) is 36.8 Å². The summed E-state index contributed by atoms with van der Waals surface area (Å²) in [6.07, 6.45) is 3.53. The third-order valence-corrected chi connectivity index (χ3v) is 2.60. The smallest absolute Gasteiger partial charge is 0.335 e. The molecule has 0 amide bonds. The van der Waals surface area contributed by atoms with Crippen molar-refractivity contribution in [1.82, 2.24) is 9.55 Å². The summed E-state index contributed by atoms with van der Waals surface area (Å²) in [5.74, 6) is -0.390. The Labute approximate surface area is 105 Å². The fourth-order valence-electron chi connectivity index (χ4n) is 1.60. The molecule has 0 aliphatic rings. The van der Waals surface area contributed by atoms with Gasteiger partial charge in [-0.2, -0.15) is 0 Å². The van der Waals surface area contributed by atoms with E-state index in [0.29, 0.717) is 18.9 Å². The van der Waals surface area contributed by atoms with Crippen LogP contribution in [0, 0.1) is 6.92 Å². The molecule has 18 heavy (non-hydrogen) atoms. The monoisotopic (exact) mass is 246 g/mol. The number of aromatic carboxylic acids is 1. The lowest BCUT2D eigenvalue weighted by atomic mass is 10.2. The molecule has 1 N–H and O–H groups in total. The summed E-state index contributed by atoms with van der Waals surface area (Å²) in [6, 6.07) is 6.47. The van der Waals surface area contributed by atoms with Crippen LogP contribution in [0.4, 0.5) is 0 Å². The summed E-state index contributed by atoms with van der Waals surface area (Å²) in [7, 11) is 0. The maximum absolute atomic E-state index is 10.8. The Morgan fingerprint density at radius 3 is 3.00 bits per heavy atom. The number of imidazole rings is 1. The Balaban J connectivity index is 1.92. The van der Waals surface area contributed by atoms with Gasteiger partial charge in [0.2, 0.25) is 0 Å². The van der Waals surface area contributed by atoms with Crippen molar-refractivity contribution in [2.75, 3.05) is 6.61 Å². The van der Waals surface area contributed by atoms with Crippen LogP contribution in [0.3, 0.4) is 0 Å². The van der Waals surface area contributed by atoms with Gasteiger partial charge in [-0.3, -0.25) is 0 Å². The van der Waals surface area contributed by atoms with Gasteiger partial charge in [0.25, 0.3) is 0 Å². The van der Waals surface area contributed by atoms with E-state index in [9.17, 15) is 4.79 Å². The lowest BCUT2D eigenvalue weighted by Gasteiger charge is -2.08. The van der Waals surface area contributed by atoms with Gasteiger partial charge in [0.15, 0.2) is 0 Å². The Kier molecular flexibility index (Phi) is 3.62. The molecule has 0 atom stereocenters. The zero-order valence-electron chi connectivity index (χ0n) is 10.0. The van der Waals surface area contributed by atoms with Crippen molar-refractivity contribution in [3.63, 3.8) is 0 Å². The Bertz CT molecular complexity index is 549. The summed E-state index contributed by atoms with van der Waals surface area (Å²) in [5.41, 5.74) is 1.30. The number of carboxylic acids is 1. The Hall–Kier alpha value is -2.30. The van der Waals surface area contributed by atoms with Gasteiger partial charge in [-0.15, -0.1) is 0 Å². The van der Waals surface area contributed by atoms with Crippen LogP contribution in [-0.2, 0) is 6.54 Å². The van der Waals surface area contributed by atoms with Crippen LogP contribution < -0.4 is 4.74 Å². The van der Waals surface area contributed by atoms with Crippen molar-refractivity contribution >= 4 is 5.97 Å². The second-order valence-corrected chi connectivity index (χ2v) is 3.91. The lowest BCUT2D eigenvalue weighted by molar-refractivity contribution is 0.0696. The van der Waals surface area contributed by atoms with Crippen LogP contribution in [-0.4, -0.2) is 27.2 Å². The van der Waals surface area contributed by atoms with E-state index in [1.165, 1.54) is 12.1 Å². The zero-order valence-corrected chi connectivity index (χ0v) is 10.0. The maximum Gasteiger partial charge on any atom is 0.335 e. The second-order valence-electron chi connectivity index (χ2n) is 3.91. The lowest BCUT2D eigenvalue weighted by Crippen LogP contribution is -2.08. The van der Waals surface area contributed by atoms with Gasteiger partial charge in [0, 0.05) is 11.9 Å². The van der Waals surface area contributed by atoms with Crippen molar-refractivity contribution in [2.24, 2.45) is 0 Å². The van der Waals surface area contributed by atoms with Gasteiger partial charge < -0.3 is 14.4 Å². The number of benzene rings is 1. The quantitative estimate of drug-likeness (QED) is 0.876. The number of hydrogen-bond acceptors (Lipinski definition) is 3. The van der Waals surface area contributed by atoms with Crippen LogP contribution >= 0.6 is 0 Å². The topological polar surface area (TPSA) is 64.4 Å². The highest BCUT2D eigenvalue weighted by molar-refractivity contribution is 5.87. The second kappa shape index (κ2) is 5.35. The number of aromatic nitrogens is 2. The predicted octanol–water partition coefficient (Wildman–Crippen LogP) is 1.97. The van der Waals surface area contributed by atoms with Gasteiger partial charge in [-0.05, 0) is 25.1 Å². The Morgan fingerprint density at radius 1 is 1.50 bits per heavy atom. The minimum atomic E-state index is -0.953. The van der Waals surface area contributed by atoms with Crippen molar-refractivity contribution in [2.45, 2.75) is 13.5 Å². The summed E-state index contributed by atoms with van der Waals surface area (Å²) < 4.78 is 7.49. The fourth-order valence-corrected chi connectivity index (χ4v) is 1.60. The molecule has 0 spiro atoms. The van der Waals surface area contributed by atoms with E-state index in [4.69, 9.17) is 9.84 Å². The zero-order chi connectivity index (χ0) is 13.0. The van der Waals surface area contributed by atoms with Crippen LogP contribution in [0.1, 0.15) is 16.1 Å². The highest BCUT2D eigenvalue weighted by Gasteiger charge is 2.03. The molecule has 2 rings (SSSR count). The third-order valence-electron chi connectivity index (χ3n) is 2.60. The summed E-state index contributed by atoms with van der Waals surface area (Å²) in [4.78, 5) is 14.8. The summed E-state index contributed by atoms with van der Waals surface area (Å²) in [5, 5.41) is 8.85. The minimum absolute atomic E-state index is 0.228. The molecule has 0 saturated heterocycles. The predicted molar refractivity (Wildman–Crippen MR) is 65.9 cm³/mol. The number of aryl methyl sites for hydroxylation is 1. The number of rotatable bonds is 5. The number of ether oxygens (including phenoxy) is 1. The molecule has 1 heterocycles. The van der Waals surface area contributed by atoms with Gasteiger partial charge in [-0.1, -0.05) is 6.07 Å². The number of hydrogen-bond donors (Lipinski definition) is 1. The molecule has 1 aromatic carbocycles. The Morgan fingerprint density at radius 2 is 2.33 bits per heavy atom. The molecule has 0 unspecified atom stereocenters. The molecular weight excluding hydrogens is 232 g/mol. The van der Waals surface area contributed by atoms with Crippen molar-refractivity contribution < 1.29 is 14.6 Å². The van der Waals surface area contributed by atoms with Crippen LogP contribution in [0.2, 0.25) is 0 Å². The molecule has 0 radical (unpaired) electrons. The molecular formula is C13H14N2O3. The average Bonchev–Trinajstić information content (AvgIpc) is 2.76. The highest BCUT2D eigenvalue weighted by atomic mass is 16.5. The third kappa shape index (κ3) is 2.88. The van der Waals surface area contributed by atoms with E-state index in [0.717, 1.165) is 5.69 Å². The first-order valence-electron chi connectivity index (χ1n) is 5.60. The highest BCUT2D eigenvalue weighted by Crippen LogP contribution is 2.13. The first-order valence-corrected chi connectivity index (χ1v) is 5.60. The van der Waals surface area contributed by atoms with E-state index in [1.54, 1.807) is 24.7 Å². The standard InChI is InChI=1S/C13H14N2O3/c1-10-8-14-9-15(10)5-6-18-12-4-2-3-11(7-12)13(16)17/h2-4,7-9H,5-6H2,1H3,(H,16,17). The van der Waals surface area contributed by atoms with E-state index in [1.807, 2.05) is 11.5 Å². The van der Waals surface area contributed by atoms with E-state index in [-0.39, 0.29) is 5.56 Å². The molecule has 0 aliphatic heterocycles. The SMILES string of the molecule is Cc1cncn1CCOc1cccc(C(=O)O)c1. The molecule has 5 heteroatoms. The van der Waals surface area contributed by atoms with Gasteiger partial charge in [-0.25, -0.2) is 9.78 Å². The molecule has 2 aromatic rings. The fraction of sp³-hybridized carbons (Fsp3) is 0.231. The molecule has 5 nitrogen and oxygen atoms in total. The van der Waals surface area contributed by atoms with Gasteiger partial charge in [0.1, 0.15) is 12.4 Å². The van der Waals surface area contributed by atoms with E-state index in [2.05, 4.69) is 4.98 Å². The van der Waals surface area contributed by atoms with Crippen molar-refractivity contribution in [1.29, 1.82) is 0 Å². The number of carboxylic acid groups (broad SMARTS) is 1.